The highest BCUT2D eigenvalue weighted by molar-refractivity contribution is 5.60. The average Bonchev–Trinajstić information content (AvgIpc) is 3.39. The van der Waals surface area contributed by atoms with Gasteiger partial charge in [-0.3, -0.25) is 0 Å². The van der Waals surface area contributed by atoms with Crippen molar-refractivity contribution < 1.29 is 0 Å². The predicted molar refractivity (Wildman–Crippen MR) is 110 cm³/mol. The highest BCUT2D eigenvalue weighted by Crippen LogP contribution is 2.39. The lowest BCUT2D eigenvalue weighted by atomic mass is 9.95. The molecule has 2 aromatic carbocycles. The zero-order valence-corrected chi connectivity index (χ0v) is 16.5. The van der Waals surface area contributed by atoms with Crippen molar-refractivity contribution in [3.63, 3.8) is 0 Å². The summed E-state index contributed by atoms with van der Waals surface area (Å²) in [7, 11) is 0. The Bertz CT molecular complexity index is 940. The standard InChI is InChI=1S/C23H27N5/c1-17-11-13-19(14-12-17)22(27-16-15-18-7-5-6-10-21(18)27)23-24-25-26-28(23)20-8-3-2-4-9-20/h5-7,10-14,20,22H,2-4,8-9,15-16H2,1H3/t22-/m1/s1. The van der Waals surface area contributed by atoms with Crippen LogP contribution in [0.5, 0.6) is 0 Å². The molecule has 3 aromatic rings. The summed E-state index contributed by atoms with van der Waals surface area (Å²) in [5.41, 5.74) is 5.26. The average molecular weight is 374 g/mol. The molecular weight excluding hydrogens is 346 g/mol. The third-order valence-electron chi connectivity index (χ3n) is 6.31. The molecule has 0 saturated heterocycles. The highest BCUT2D eigenvalue weighted by atomic mass is 15.6. The minimum Gasteiger partial charge on any atom is -0.357 e. The molecule has 5 nitrogen and oxygen atoms in total. The minimum absolute atomic E-state index is 0.0428. The maximum absolute atomic E-state index is 4.57. The molecule has 1 aromatic heterocycles. The number of fused-ring (bicyclic) bond motifs is 1. The molecule has 1 aliphatic heterocycles. The Morgan fingerprint density at radius 3 is 2.57 bits per heavy atom. The van der Waals surface area contributed by atoms with Gasteiger partial charge >= 0.3 is 0 Å². The molecule has 0 amide bonds. The predicted octanol–water partition coefficient (Wildman–Crippen LogP) is 4.64. The van der Waals surface area contributed by atoms with Crippen LogP contribution in [0.2, 0.25) is 0 Å². The zero-order valence-electron chi connectivity index (χ0n) is 16.5. The molecule has 1 atom stereocenters. The van der Waals surface area contributed by atoms with Crippen molar-refractivity contribution in [3.8, 4) is 0 Å². The van der Waals surface area contributed by atoms with E-state index < -0.39 is 0 Å². The molecule has 0 N–H and O–H groups in total. The van der Waals surface area contributed by atoms with Crippen LogP contribution in [0.1, 0.15) is 66.7 Å². The first-order valence-corrected chi connectivity index (χ1v) is 10.5. The largest absolute Gasteiger partial charge is 0.357 e. The fourth-order valence-electron chi connectivity index (χ4n) is 4.82. The monoisotopic (exact) mass is 373 g/mol. The second kappa shape index (κ2) is 7.38. The number of tetrazole rings is 1. The molecule has 0 spiro atoms. The van der Waals surface area contributed by atoms with Gasteiger partial charge in [0.2, 0.25) is 0 Å². The molecule has 144 valence electrons. The molecule has 1 aliphatic carbocycles. The van der Waals surface area contributed by atoms with Crippen LogP contribution in [0.25, 0.3) is 0 Å². The van der Waals surface area contributed by atoms with Gasteiger partial charge < -0.3 is 4.90 Å². The summed E-state index contributed by atoms with van der Waals surface area (Å²) in [6.45, 7) is 3.13. The number of benzene rings is 2. The molecule has 0 bridgehead atoms. The van der Waals surface area contributed by atoms with E-state index in [4.69, 9.17) is 0 Å². The lowest BCUT2D eigenvalue weighted by molar-refractivity contribution is 0.313. The first-order chi connectivity index (χ1) is 13.8. The number of aromatic nitrogens is 4. The number of para-hydroxylation sites is 1. The molecule has 0 unspecified atom stereocenters. The van der Waals surface area contributed by atoms with Crippen molar-refractivity contribution in [3.05, 3.63) is 71.0 Å². The Morgan fingerprint density at radius 1 is 0.964 bits per heavy atom. The van der Waals surface area contributed by atoms with E-state index in [-0.39, 0.29) is 6.04 Å². The highest BCUT2D eigenvalue weighted by Gasteiger charge is 2.33. The summed E-state index contributed by atoms with van der Waals surface area (Å²) in [5, 5.41) is 13.2. The topological polar surface area (TPSA) is 46.8 Å². The second-order valence-corrected chi connectivity index (χ2v) is 8.16. The van der Waals surface area contributed by atoms with Crippen molar-refractivity contribution in [2.75, 3.05) is 11.4 Å². The van der Waals surface area contributed by atoms with Gasteiger partial charge in [-0.05, 0) is 53.8 Å². The van der Waals surface area contributed by atoms with Gasteiger partial charge in [0.15, 0.2) is 5.82 Å². The van der Waals surface area contributed by atoms with Gasteiger partial charge in [-0.15, -0.1) is 5.10 Å². The number of aryl methyl sites for hydroxylation is 1. The van der Waals surface area contributed by atoms with Crippen molar-refractivity contribution in [2.45, 2.75) is 57.5 Å². The van der Waals surface area contributed by atoms with E-state index in [1.807, 2.05) is 0 Å². The van der Waals surface area contributed by atoms with Gasteiger partial charge in [0.25, 0.3) is 0 Å². The lowest BCUT2D eigenvalue weighted by Gasteiger charge is -2.32. The number of hydrogen-bond acceptors (Lipinski definition) is 4. The fraction of sp³-hybridized carbons (Fsp3) is 0.435. The van der Waals surface area contributed by atoms with Gasteiger partial charge in [-0.25, -0.2) is 4.68 Å². The van der Waals surface area contributed by atoms with E-state index in [9.17, 15) is 0 Å². The molecule has 2 aliphatic rings. The van der Waals surface area contributed by atoms with E-state index in [2.05, 4.69) is 80.6 Å². The first kappa shape index (κ1) is 17.4. The SMILES string of the molecule is Cc1ccc([C@H](c2nnnn2C2CCCCC2)N2CCc3ccccc32)cc1. The quantitative estimate of drug-likeness (QED) is 0.668. The first-order valence-electron chi connectivity index (χ1n) is 10.5. The van der Waals surface area contributed by atoms with Crippen LogP contribution < -0.4 is 4.90 Å². The molecule has 5 rings (SSSR count). The van der Waals surface area contributed by atoms with Crippen molar-refractivity contribution in [1.82, 2.24) is 20.2 Å². The van der Waals surface area contributed by atoms with Crippen LogP contribution in [-0.2, 0) is 6.42 Å². The van der Waals surface area contributed by atoms with Crippen LogP contribution in [0.4, 0.5) is 5.69 Å². The van der Waals surface area contributed by atoms with E-state index in [1.165, 1.54) is 54.5 Å². The van der Waals surface area contributed by atoms with Gasteiger partial charge in [0.05, 0.1) is 6.04 Å². The van der Waals surface area contributed by atoms with Crippen molar-refractivity contribution in [2.24, 2.45) is 0 Å². The second-order valence-electron chi connectivity index (χ2n) is 8.16. The smallest absolute Gasteiger partial charge is 0.178 e. The summed E-state index contributed by atoms with van der Waals surface area (Å²) < 4.78 is 2.13. The maximum atomic E-state index is 4.57. The summed E-state index contributed by atoms with van der Waals surface area (Å²) in [6.07, 6.45) is 7.29. The molecule has 0 radical (unpaired) electrons. The molecule has 28 heavy (non-hydrogen) atoms. The van der Waals surface area contributed by atoms with Gasteiger partial charge in [0.1, 0.15) is 6.04 Å². The van der Waals surface area contributed by atoms with Gasteiger partial charge in [0, 0.05) is 12.2 Å². The molecule has 2 heterocycles. The van der Waals surface area contributed by atoms with Crippen molar-refractivity contribution in [1.29, 1.82) is 0 Å². The van der Waals surface area contributed by atoms with Gasteiger partial charge in [-0.2, -0.15) is 0 Å². The summed E-state index contributed by atoms with van der Waals surface area (Å²) >= 11 is 0. The Hall–Kier alpha value is -2.69. The Kier molecular flexibility index (Phi) is 4.59. The summed E-state index contributed by atoms with van der Waals surface area (Å²) in [5.74, 6) is 0.979. The van der Waals surface area contributed by atoms with Crippen molar-refractivity contribution >= 4 is 5.69 Å². The van der Waals surface area contributed by atoms with E-state index in [1.54, 1.807) is 0 Å². The third kappa shape index (κ3) is 3.09. The van der Waals surface area contributed by atoms with E-state index in [0.717, 1.165) is 18.8 Å². The van der Waals surface area contributed by atoms with Crippen LogP contribution in [0, 0.1) is 6.92 Å². The van der Waals surface area contributed by atoms with Crippen LogP contribution in [0.3, 0.4) is 0 Å². The lowest BCUT2D eigenvalue weighted by Crippen LogP contribution is -2.31. The van der Waals surface area contributed by atoms with E-state index >= 15 is 0 Å². The minimum atomic E-state index is 0.0428. The van der Waals surface area contributed by atoms with E-state index in [0.29, 0.717) is 6.04 Å². The third-order valence-corrected chi connectivity index (χ3v) is 6.31. The van der Waals surface area contributed by atoms with Crippen LogP contribution in [-0.4, -0.2) is 26.8 Å². The zero-order chi connectivity index (χ0) is 18.9. The molecular formula is C23H27N5. The number of hydrogen-bond donors (Lipinski definition) is 0. The Labute approximate surface area is 166 Å². The number of rotatable bonds is 4. The summed E-state index contributed by atoms with van der Waals surface area (Å²) in [4.78, 5) is 2.49. The normalized spacial score (nSPS) is 18.2. The molecule has 1 saturated carbocycles. The van der Waals surface area contributed by atoms with Gasteiger partial charge in [-0.1, -0.05) is 67.3 Å². The number of nitrogens with zero attached hydrogens (tertiary/aromatic N) is 5. The number of anilines is 1. The fourth-order valence-corrected chi connectivity index (χ4v) is 4.82. The van der Waals surface area contributed by atoms with Crippen LogP contribution in [0.15, 0.2) is 48.5 Å². The summed E-state index contributed by atoms with van der Waals surface area (Å²) in [6, 6.07) is 18.1. The Morgan fingerprint density at radius 2 is 1.75 bits per heavy atom. The van der Waals surface area contributed by atoms with Crippen LogP contribution >= 0.6 is 0 Å². The maximum Gasteiger partial charge on any atom is 0.178 e. The molecule has 1 fully saturated rings. The molecule has 5 heteroatoms. The Balaban J connectivity index is 1.60.